The number of unbranched alkanes of at least 4 members (excludes halogenated alkanes) is 1. The molecule has 1 aliphatic rings. The van der Waals surface area contributed by atoms with Crippen LogP contribution in [0.2, 0.25) is 0 Å². The Balaban J connectivity index is 1.79. The van der Waals surface area contributed by atoms with Crippen molar-refractivity contribution in [3.8, 4) is 0 Å². The average Bonchev–Trinajstić information content (AvgIpc) is 3.00. The number of hydrogen-bond acceptors (Lipinski definition) is 4. The Bertz CT molecular complexity index is 606. The molecule has 0 aliphatic carbocycles. The molecule has 0 aromatic carbocycles. The van der Waals surface area contributed by atoms with E-state index >= 15 is 0 Å². The molecular formula is C21H35N3O3. The second-order valence-corrected chi connectivity index (χ2v) is 7.47. The standard InChI is InChI=1S/C21H35N3O3/c1-4-5-13-24(21(26)19-16-17(2)27-18(19)3)14-9-20(25)22-10-15-23-11-7-6-8-12-23/h16H,4-15H2,1-3H3,(H,22,25). The Morgan fingerprint density at radius 2 is 1.93 bits per heavy atom. The van der Waals surface area contributed by atoms with Crippen LogP contribution < -0.4 is 5.32 Å². The minimum Gasteiger partial charge on any atom is -0.466 e. The molecule has 1 fully saturated rings. The molecule has 27 heavy (non-hydrogen) atoms. The smallest absolute Gasteiger partial charge is 0.257 e. The second kappa shape index (κ2) is 11.1. The first-order chi connectivity index (χ1) is 13.0. The predicted octanol–water partition coefficient (Wildman–Crippen LogP) is 3.13. The number of rotatable bonds is 10. The average molecular weight is 378 g/mol. The maximum absolute atomic E-state index is 12.8. The van der Waals surface area contributed by atoms with Crippen LogP contribution in [-0.2, 0) is 4.79 Å². The summed E-state index contributed by atoms with van der Waals surface area (Å²) >= 11 is 0. The fraction of sp³-hybridized carbons (Fsp3) is 0.714. The van der Waals surface area contributed by atoms with Gasteiger partial charge < -0.3 is 19.5 Å². The molecule has 2 heterocycles. The van der Waals surface area contributed by atoms with Gasteiger partial charge in [0.05, 0.1) is 5.56 Å². The first-order valence-electron chi connectivity index (χ1n) is 10.4. The van der Waals surface area contributed by atoms with Gasteiger partial charge in [0.25, 0.3) is 5.91 Å². The van der Waals surface area contributed by atoms with E-state index < -0.39 is 0 Å². The minimum atomic E-state index is -0.0427. The maximum atomic E-state index is 12.8. The summed E-state index contributed by atoms with van der Waals surface area (Å²) in [6, 6.07) is 1.79. The van der Waals surface area contributed by atoms with E-state index in [1.807, 2.05) is 13.8 Å². The van der Waals surface area contributed by atoms with Crippen LogP contribution in [0.5, 0.6) is 0 Å². The molecule has 0 unspecified atom stereocenters. The van der Waals surface area contributed by atoms with Crippen LogP contribution in [0.25, 0.3) is 0 Å². The van der Waals surface area contributed by atoms with Gasteiger partial charge in [-0.1, -0.05) is 19.8 Å². The second-order valence-electron chi connectivity index (χ2n) is 7.47. The number of nitrogens with zero attached hydrogens (tertiary/aromatic N) is 2. The third kappa shape index (κ3) is 7.01. The van der Waals surface area contributed by atoms with E-state index in [9.17, 15) is 9.59 Å². The molecule has 0 atom stereocenters. The Kier molecular flexibility index (Phi) is 8.85. The Morgan fingerprint density at radius 3 is 2.56 bits per heavy atom. The van der Waals surface area contributed by atoms with Gasteiger partial charge >= 0.3 is 0 Å². The normalized spacial score (nSPS) is 14.9. The molecule has 0 radical (unpaired) electrons. The van der Waals surface area contributed by atoms with Crippen LogP contribution >= 0.6 is 0 Å². The molecule has 2 amide bonds. The summed E-state index contributed by atoms with van der Waals surface area (Å²) in [4.78, 5) is 29.2. The van der Waals surface area contributed by atoms with Crippen LogP contribution in [-0.4, -0.2) is 60.9 Å². The zero-order chi connectivity index (χ0) is 19.6. The van der Waals surface area contributed by atoms with Crippen molar-refractivity contribution in [1.29, 1.82) is 0 Å². The van der Waals surface area contributed by atoms with Crippen LogP contribution in [0, 0.1) is 13.8 Å². The van der Waals surface area contributed by atoms with Crippen LogP contribution in [0.1, 0.15) is 67.3 Å². The van der Waals surface area contributed by atoms with Crippen molar-refractivity contribution in [2.45, 2.75) is 59.3 Å². The summed E-state index contributed by atoms with van der Waals surface area (Å²) < 4.78 is 5.50. The summed E-state index contributed by atoms with van der Waals surface area (Å²) in [7, 11) is 0. The number of furan rings is 1. The lowest BCUT2D eigenvalue weighted by Gasteiger charge is -2.26. The van der Waals surface area contributed by atoms with Crippen molar-refractivity contribution in [3.05, 3.63) is 23.2 Å². The minimum absolute atomic E-state index is 0.0152. The lowest BCUT2D eigenvalue weighted by molar-refractivity contribution is -0.121. The van der Waals surface area contributed by atoms with Gasteiger partial charge in [-0.2, -0.15) is 0 Å². The molecule has 0 saturated carbocycles. The molecule has 1 aliphatic heterocycles. The molecule has 0 bridgehead atoms. The van der Waals surface area contributed by atoms with Gasteiger partial charge in [0.15, 0.2) is 0 Å². The fourth-order valence-electron chi connectivity index (χ4n) is 3.54. The number of likely N-dealkylation sites (tertiary alicyclic amines) is 1. The Morgan fingerprint density at radius 1 is 1.19 bits per heavy atom. The van der Waals surface area contributed by atoms with Gasteiger partial charge in [0.2, 0.25) is 5.91 Å². The Hall–Kier alpha value is -1.82. The first-order valence-corrected chi connectivity index (χ1v) is 10.4. The topological polar surface area (TPSA) is 65.8 Å². The van der Waals surface area contributed by atoms with Crippen molar-refractivity contribution in [1.82, 2.24) is 15.1 Å². The number of piperidine rings is 1. The van der Waals surface area contributed by atoms with Gasteiger partial charge in [0.1, 0.15) is 11.5 Å². The molecular weight excluding hydrogens is 342 g/mol. The zero-order valence-corrected chi connectivity index (χ0v) is 17.2. The lowest BCUT2D eigenvalue weighted by Crippen LogP contribution is -2.39. The number of nitrogens with one attached hydrogen (secondary N) is 1. The van der Waals surface area contributed by atoms with Gasteiger partial charge in [-0.05, 0) is 52.3 Å². The molecule has 6 nitrogen and oxygen atoms in total. The monoisotopic (exact) mass is 377 g/mol. The fourth-order valence-corrected chi connectivity index (χ4v) is 3.54. The number of hydrogen-bond donors (Lipinski definition) is 1. The van der Waals surface area contributed by atoms with E-state index in [0.29, 0.717) is 37.4 Å². The first kappa shape index (κ1) is 21.5. The van der Waals surface area contributed by atoms with Gasteiger partial charge in [-0.15, -0.1) is 0 Å². The SMILES string of the molecule is CCCCN(CCC(=O)NCCN1CCCCC1)C(=O)c1cc(C)oc1C. The highest BCUT2D eigenvalue weighted by molar-refractivity contribution is 5.95. The highest BCUT2D eigenvalue weighted by Gasteiger charge is 2.21. The van der Waals surface area contributed by atoms with Crippen molar-refractivity contribution in [3.63, 3.8) is 0 Å². The van der Waals surface area contributed by atoms with Crippen molar-refractivity contribution >= 4 is 11.8 Å². The summed E-state index contributed by atoms with van der Waals surface area (Å²) in [6.07, 6.45) is 6.11. The summed E-state index contributed by atoms with van der Waals surface area (Å²) in [5.74, 6) is 1.35. The number of aryl methyl sites for hydroxylation is 2. The Labute approximate surface area is 163 Å². The van der Waals surface area contributed by atoms with Gasteiger partial charge in [0, 0.05) is 32.6 Å². The summed E-state index contributed by atoms with van der Waals surface area (Å²) in [5, 5.41) is 3.00. The van der Waals surface area contributed by atoms with Gasteiger partial charge in [-0.25, -0.2) is 0 Å². The zero-order valence-electron chi connectivity index (χ0n) is 17.2. The largest absolute Gasteiger partial charge is 0.466 e. The summed E-state index contributed by atoms with van der Waals surface area (Å²) in [5.41, 5.74) is 0.606. The third-order valence-electron chi connectivity index (χ3n) is 5.15. The molecule has 1 N–H and O–H groups in total. The van der Waals surface area contributed by atoms with Crippen LogP contribution in [0.3, 0.4) is 0 Å². The highest BCUT2D eigenvalue weighted by atomic mass is 16.3. The molecule has 2 rings (SSSR count). The van der Waals surface area contributed by atoms with Gasteiger partial charge in [-0.3, -0.25) is 9.59 Å². The molecule has 0 spiro atoms. The van der Waals surface area contributed by atoms with Crippen molar-refractivity contribution in [2.75, 3.05) is 39.3 Å². The summed E-state index contributed by atoms with van der Waals surface area (Å²) in [6.45, 7) is 10.7. The van der Waals surface area contributed by atoms with E-state index in [2.05, 4.69) is 17.1 Å². The molecule has 1 aromatic heterocycles. The molecule has 6 heteroatoms. The van der Waals surface area contributed by atoms with Crippen molar-refractivity contribution in [2.24, 2.45) is 0 Å². The van der Waals surface area contributed by atoms with Crippen molar-refractivity contribution < 1.29 is 14.0 Å². The van der Waals surface area contributed by atoms with E-state index in [1.54, 1.807) is 11.0 Å². The third-order valence-corrected chi connectivity index (χ3v) is 5.15. The van der Waals surface area contributed by atoms with E-state index in [1.165, 1.54) is 19.3 Å². The van der Waals surface area contributed by atoms with E-state index in [4.69, 9.17) is 4.42 Å². The van der Waals surface area contributed by atoms with Crippen LogP contribution in [0.15, 0.2) is 10.5 Å². The number of amides is 2. The molecule has 1 aromatic rings. The van der Waals surface area contributed by atoms with E-state index in [0.717, 1.165) is 38.2 Å². The highest BCUT2D eigenvalue weighted by Crippen LogP contribution is 2.16. The quantitative estimate of drug-likeness (QED) is 0.680. The molecule has 152 valence electrons. The van der Waals surface area contributed by atoms with Crippen LogP contribution in [0.4, 0.5) is 0 Å². The maximum Gasteiger partial charge on any atom is 0.257 e. The molecule has 1 saturated heterocycles. The number of carbonyl (C=O) groups excluding carboxylic acids is 2. The lowest BCUT2D eigenvalue weighted by atomic mass is 10.1. The number of carbonyl (C=O) groups is 2. The predicted molar refractivity (Wildman–Crippen MR) is 107 cm³/mol. The van der Waals surface area contributed by atoms with E-state index in [-0.39, 0.29) is 11.8 Å².